The lowest BCUT2D eigenvalue weighted by molar-refractivity contribution is 0.272. The number of hydrogen-bond acceptors (Lipinski definition) is 2. The van der Waals surface area contributed by atoms with Crippen LogP contribution in [-0.2, 0) is 0 Å². The second kappa shape index (κ2) is 5.58. The Morgan fingerprint density at radius 2 is 1.87 bits per heavy atom. The zero-order chi connectivity index (χ0) is 10.7. The summed E-state index contributed by atoms with van der Waals surface area (Å²) in [4.78, 5) is 0. The average molecular weight is 227 g/mol. The third-order valence-electron chi connectivity index (χ3n) is 4.09. The van der Waals surface area contributed by atoms with Crippen LogP contribution in [0.4, 0.5) is 0 Å². The summed E-state index contributed by atoms with van der Waals surface area (Å²) in [5.41, 5.74) is 0. The highest BCUT2D eigenvalue weighted by Gasteiger charge is 2.26. The molecule has 0 aromatic heterocycles. The Balaban J connectivity index is 1.68. The molecule has 1 N–H and O–H groups in total. The van der Waals surface area contributed by atoms with Gasteiger partial charge in [0.2, 0.25) is 0 Å². The van der Waals surface area contributed by atoms with Gasteiger partial charge in [0, 0.05) is 23.1 Å². The third-order valence-corrected chi connectivity index (χ3v) is 5.45. The molecule has 1 saturated carbocycles. The van der Waals surface area contributed by atoms with E-state index >= 15 is 0 Å². The molecule has 88 valence electrons. The molecule has 2 heteroatoms. The number of thioether (sulfide) groups is 1. The standard InChI is InChI=1S/C13H25NS/c1-3-11-4-6-12(7-5-11)14-13-8-10(2)15-9-13/h10-14H,3-9H2,1-2H3. The van der Waals surface area contributed by atoms with Crippen LogP contribution >= 0.6 is 11.8 Å². The van der Waals surface area contributed by atoms with E-state index in [4.69, 9.17) is 0 Å². The van der Waals surface area contributed by atoms with Crippen molar-refractivity contribution in [2.45, 2.75) is 69.7 Å². The van der Waals surface area contributed by atoms with Crippen molar-refractivity contribution in [1.82, 2.24) is 5.32 Å². The molecular weight excluding hydrogens is 202 g/mol. The molecular formula is C13H25NS. The molecule has 15 heavy (non-hydrogen) atoms. The molecule has 0 spiro atoms. The highest BCUT2D eigenvalue weighted by atomic mass is 32.2. The molecule has 2 fully saturated rings. The van der Waals surface area contributed by atoms with E-state index in [-0.39, 0.29) is 0 Å². The van der Waals surface area contributed by atoms with E-state index in [9.17, 15) is 0 Å². The second-order valence-corrected chi connectivity index (χ2v) is 6.84. The quantitative estimate of drug-likeness (QED) is 0.792. The van der Waals surface area contributed by atoms with Crippen molar-refractivity contribution < 1.29 is 0 Å². The molecule has 0 aromatic carbocycles. The molecule has 2 atom stereocenters. The first-order chi connectivity index (χ1) is 7.28. The minimum Gasteiger partial charge on any atom is -0.310 e. The highest BCUT2D eigenvalue weighted by molar-refractivity contribution is 8.00. The van der Waals surface area contributed by atoms with E-state index < -0.39 is 0 Å². The smallest absolute Gasteiger partial charge is 0.0171 e. The van der Waals surface area contributed by atoms with Crippen LogP contribution in [0.25, 0.3) is 0 Å². The van der Waals surface area contributed by atoms with E-state index in [2.05, 4.69) is 30.9 Å². The zero-order valence-electron chi connectivity index (χ0n) is 10.2. The molecule has 1 aliphatic heterocycles. The van der Waals surface area contributed by atoms with Crippen LogP contribution in [0.15, 0.2) is 0 Å². The van der Waals surface area contributed by atoms with Gasteiger partial charge in [-0.1, -0.05) is 20.3 Å². The fraction of sp³-hybridized carbons (Fsp3) is 1.00. The molecule has 0 aromatic rings. The predicted molar refractivity (Wildman–Crippen MR) is 69.5 cm³/mol. The first kappa shape index (κ1) is 11.8. The molecule has 2 unspecified atom stereocenters. The van der Waals surface area contributed by atoms with Gasteiger partial charge in [-0.25, -0.2) is 0 Å². The molecule has 2 rings (SSSR count). The van der Waals surface area contributed by atoms with Crippen molar-refractivity contribution in [2.75, 3.05) is 5.75 Å². The van der Waals surface area contributed by atoms with Crippen molar-refractivity contribution in [3.8, 4) is 0 Å². The topological polar surface area (TPSA) is 12.0 Å². The molecule has 1 aliphatic carbocycles. The highest BCUT2D eigenvalue weighted by Crippen LogP contribution is 2.30. The van der Waals surface area contributed by atoms with Gasteiger partial charge >= 0.3 is 0 Å². The molecule has 2 aliphatic rings. The third kappa shape index (κ3) is 3.39. The lowest BCUT2D eigenvalue weighted by Gasteiger charge is -2.30. The van der Waals surface area contributed by atoms with Crippen LogP contribution in [0.1, 0.15) is 52.4 Å². The summed E-state index contributed by atoms with van der Waals surface area (Å²) in [6.45, 7) is 4.70. The van der Waals surface area contributed by atoms with Gasteiger partial charge in [0.05, 0.1) is 0 Å². The van der Waals surface area contributed by atoms with Gasteiger partial charge in [0.25, 0.3) is 0 Å². The van der Waals surface area contributed by atoms with E-state index in [1.165, 1.54) is 44.3 Å². The molecule has 0 amide bonds. The fourth-order valence-electron chi connectivity index (χ4n) is 3.00. The van der Waals surface area contributed by atoms with Crippen LogP contribution in [-0.4, -0.2) is 23.1 Å². The van der Waals surface area contributed by atoms with Gasteiger partial charge in [-0.15, -0.1) is 0 Å². The van der Waals surface area contributed by atoms with Crippen molar-refractivity contribution in [3.05, 3.63) is 0 Å². The normalized spacial score (nSPS) is 42.0. The SMILES string of the molecule is CCC1CCC(NC2CSC(C)C2)CC1. The van der Waals surface area contributed by atoms with Crippen LogP contribution in [0.2, 0.25) is 0 Å². The summed E-state index contributed by atoms with van der Waals surface area (Å²) in [6, 6.07) is 1.65. The van der Waals surface area contributed by atoms with E-state index in [1.807, 2.05) is 0 Å². The zero-order valence-corrected chi connectivity index (χ0v) is 11.0. The van der Waals surface area contributed by atoms with Crippen molar-refractivity contribution >= 4 is 11.8 Å². The van der Waals surface area contributed by atoms with Gasteiger partial charge in [0.15, 0.2) is 0 Å². The van der Waals surface area contributed by atoms with Crippen molar-refractivity contribution in [1.29, 1.82) is 0 Å². The number of nitrogens with one attached hydrogen (secondary N) is 1. The maximum atomic E-state index is 3.87. The molecule has 1 nitrogen and oxygen atoms in total. The van der Waals surface area contributed by atoms with Gasteiger partial charge in [0.1, 0.15) is 0 Å². The molecule has 0 bridgehead atoms. The average Bonchev–Trinajstić information content (AvgIpc) is 2.65. The summed E-state index contributed by atoms with van der Waals surface area (Å²) < 4.78 is 0. The van der Waals surface area contributed by atoms with E-state index in [0.29, 0.717) is 0 Å². The predicted octanol–water partition coefficient (Wildman–Crippen LogP) is 3.44. The van der Waals surface area contributed by atoms with Crippen LogP contribution in [0, 0.1) is 5.92 Å². The largest absolute Gasteiger partial charge is 0.310 e. The molecule has 1 saturated heterocycles. The Kier molecular flexibility index (Phi) is 4.39. The van der Waals surface area contributed by atoms with Crippen LogP contribution in [0.3, 0.4) is 0 Å². The maximum Gasteiger partial charge on any atom is 0.0171 e. The summed E-state index contributed by atoms with van der Waals surface area (Å²) in [5, 5.41) is 4.76. The Labute approximate surface area is 98.8 Å². The van der Waals surface area contributed by atoms with Gasteiger partial charge in [-0.3, -0.25) is 0 Å². The van der Waals surface area contributed by atoms with Crippen LogP contribution < -0.4 is 5.32 Å². The lowest BCUT2D eigenvalue weighted by Crippen LogP contribution is -2.40. The van der Waals surface area contributed by atoms with Gasteiger partial charge in [-0.2, -0.15) is 11.8 Å². The van der Waals surface area contributed by atoms with E-state index in [1.54, 1.807) is 0 Å². The Morgan fingerprint density at radius 1 is 1.13 bits per heavy atom. The summed E-state index contributed by atoms with van der Waals surface area (Å²) in [5.74, 6) is 2.37. The Morgan fingerprint density at radius 3 is 2.40 bits per heavy atom. The minimum atomic E-state index is 0.813. The second-order valence-electron chi connectivity index (χ2n) is 5.37. The van der Waals surface area contributed by atoms with Crippen molar-refractivity contribution in [3.63, 3.8) is 0 Å². The van der Waals surface area contributed by atoms with Crippen molar-refractivity contribution in [2.24, 2.45) is 5.92 Å². The van der Waals surface area contributed by atoms with Crippen LogP contribution in [0.5, 0.6) is 0 Å². The number of rotatable bonds is 3. The van der Waals surface area contributed by atoms with Gasteiger partial charge in [-0.05, 0) is 38.0 Å². The lowest BCUT2D eigenvalue weighted by atomic mass is 9.84. The first-order valence-electron chi connectivity index (χ1n) is 6.65. The first-order valence-corrected chi connectivity index (χ1v) is 7.70. The monoisotopic (exact) mass is 227 g/mol. The molecule has 0 radical (unpaired) electrons. The summed E-state index contributed by atoms with van der Waals surface area (Å²) in [6.07, 6.45) is 8.55. The number of hydrogen-bond donors (Lipinski definition) is 1. The maximum absolute atomic E-state index is 3.87. The fourth-order valence-corrected chi connectivity index (χ4v) is 4.17. The summed E-state index contributed by atoms with van der Waals surface area (Å²) in [7, 11) is 0. The minimum absolute atomic E-state index is 0.813. The Bertz CT molecular complexity index is 187. The Hall–Kier alpha value is 0.310. The van der Waals surface area contributed by atoms with E-state index in [0.717, 1.165) is 23.3 Å². The summed E-state index contributed by atoms with van der Waals surface area (Å²) >= 11 is 2.14. The van der Waals surface area contributed by atoms with Gasteiger partial charge < -0.3 is 5.32 Å². The molecule has 1 heterocycles.